The minimum atomic E-state index is -1.62. The number of ether oxygens (including phenoxy) is 2. The predicted molar refractivity (Wildman–Crippen MR) is 123 cm³/mol. The number of hydrogen-bond donors (Lipinski definition) is 0. The molecule has 3 aliphatic heterocycles. The number of halogens is 5. The summed E-state index contributed by atoms with van der Waals surface area (Å²) in [5.74, 6) is -0.321. The zero-order valence-electron chi connectivity index (χ0n) is 18.2. The van der Waals surface area contributed by atoms with Crippen molar-refractivity contribution in [1.82, 2.24) is 14.9 Å². The van der Waals surface area contributed by atoms with Crippen molar-refractivity contribution in [3.05, 3.63) is 21.4 Å². The van der Waals surface area contributed by atoms with Crippen LogP contribution >= 0.6 is 27.5 Å². The molecule has 6 nitrogen and oxygen atoms in total. The first-order chi connectivity index (χ1) is 15.7. The molecule has 3 saturated heterocycles. The van der Waals surface area contributed by atoms with Gasteiger partial charge < -0.3 is 14.4 Å². The van der Waals surface area contributed by atoms with Gasteiger partial charge in [0.1, 0.15) is 29.8 Å². The smallest absolute Gasteiger partial charge is 0.319 e. The van der Waals surface area contributed by atoms with Gasteiger partial charge in [0.15, 0.2) is 5.82 Å². The quantitative estimate of drug-likeness (QED) is 0.515. The van der Waals surface area contributed by atoms with Crippen LogP contribution in [0.1, 0.15) is 26.2 Å². The van der Waals surface area contributed by atoms with Gasteiger partial charge in [-0.3, -0.25) is 4.90 Å². The molecular formula is C22H25BrClF3N4O2. The summed E-state index contributed by atoms with van der Waals surface area (Å²) in [5, 5.41) is 0.518. The lowest BCUT2D eigenvalue weighted by atomic mass is 9.95. The van der Waals surface area contributed by atoms with E-state index in [0.717, 1.165) is 19.4 Å². The molecule has 180 valence electrons. The number of aromatic nitrogens is 2. The van der Waals surface area contributed by atoms with Gasteiger partial charge in [-0.2, -0.15) is 9.97 Å². The summed E-state index contributed by atoms with van der Waals surface area (Å²) in [6.07, 6.45) is 1.31. The molecule has 4 heterocycles. The zero-order chi connectivity index (χ0) is 23.4. The van der Waals surface area contributed by atoms with Gasteiger partial charge in [-0.05, 0) is 48.3 Å². The summed E-state index contributed by atoms with van der Waals surface area (Å²) < 4.78 is 55.7. The van der Waals surface area contributed by atoms with E-state index in [4.69, 9.17) is 21.1 Å². The third-order valence-electron chi connectivity index (χ3n) is 6.75. The molecular weight excluding hydrogens is 525 g/mol. The van der Waals surface area contributed by atoms with Gasteiger partial charge in [0.05, 0.1) is 34.8 Å². The van der Waals surface area contributed by atoms with E-state index in [0.29, 0.717) is 37.3 Å². The van der Waals surface area contributed by atoms with Gasteiger partial charge in [-0.25, -0.2) is 13.2 Å². The average molecular weight is 550 g/mol. The van der Waals surface area contributed by atoms with E-state index in [1.165, 1.54) is 6.92 Å². The summed E-state index contributed by atoms with van der Waals surface area (Å²) in [5.41, 5.74) is -1.99. The van der Waals surface area contributed by atoms with E-state index in [1.807, 2.05) is 0 Å². The summed E-state index contributed by atoms with van der Waals surface area (Å²) >= 11 is 9.38. The SMILES string of the molecule is CC1(F)COCCN(c2nc(OC[C@@]34CCCN3C[C@H](F)C4)nc3c(F)c(Br)c(Cl)cc23)C1. The van der Waals surface area contributed by atoms with Gasteiger partial charge in [0.2, 0.25) is 0 Å². The Hall–Kier alpha value is -1.36. The molecule has 3 aliphatic rings. The first-order valence-corrected chi connectivity index (χ1v) is 12.2. The van der Waals surface area contributed by atoms with Crippen molar-refractivity contribution in [3.8, 4) is 6.01 Å². The number of rotatable bonds is 4. The van der Waals surface area contributed by atoms with Gasteiger partial charge in [-0.1, -0.05) is 11.6 Å². The van der Waals surface area contributed by atoms with E-state index in [9.17, 15) is 8.78 Å². The lowest BCUT2D eigenvalue weighted by Crippen LogP contribution is -2.43. The fourth-order valence-electron chi connectivity index (χ4n) is 5.25. The molecule has 1 aromatic heterocycles. The van der Waals surface area contributed by atoms with Gasteiger partial charge in [-0.15, -0.1) is 0 Å². The van der Waals surface area contributed by atoms with Crippen LogP contribution in [0.5, 0.6) is 6.01 Å². The normalized spacial score (nSPS) is 30.6. The maximum absolute atomic E-state index is 15.2. The highest BCUT2D eigenvalue weighted by Gasteiger charge is 2.49. The number of alkyl halides is 2. The van der Waals surface area contributed by atoms with E-state index < -0.39 is 23.2 Å². The van der Waals surface area contributed by atoms with Gasteiger partial charge in [0, 0.05) is 24.9 Å². The van der Waals surface area contributed by atoms with Crippen LogP contribution < -0.4 is 9.64 Å². The number of nitrogens with zero attached hydrogens (tertiary/aromatic N) is 4. The van der Waals surface area contributed by atoms with Crippen LogP contribution in [0.25, 0.3) is 10.9 Å². The zero-order valence-corrected chi connectivity index (χ0v) is 20.6. The third-order valence-corrected chi connectivity index (χ3v) is 8.05. The Morgan fingerprint density at radius 2 is 2.18 bits per heavy atom. The van der Waals surface area contributed by atoms with Crippen molar-refractivity contribution >= 4 is 44.3 Å². The Balaban J connectivity index is 1.54. The van der Waals surface area contributed by atoms with Crippen molar-refractivity contribution in [3.63, 3.8) is 0 Å². The second-order valence-corrected chi connectivity index (χ2v) is 10.7. The largest absolute Gasteiger partial charge is 0.461 e. The molecule has 5 rings (SSSR count). The lowest BCUT2D eigenvalue weighted by Gasteiger charge is -2.31. The first kappa shape index (κ1) is 23.4. The highest BCUT2D eigenvalue weighted by molar-refractivity contribution is 9.10. The Morgan fingerprint density at radius 3 is 3.00 bits per heavy atom. The molecule has 0 amide bonds. The van der Waals surface area contributed by atoms with Crippen molar-refractivity contribution in [2.24, 2.45) is 0 Å². The molecule has 0 bridgehead atoms. The number of anilines is 1. The average Bonchev–Trinajstić information content (AvgIpc) is 3.21. The van der Waals surface area contributed by atoms with E-state index in [-0.39, 0.29) is 40.8 Å². The Bertz CT molecular complexity index is 1080. The molecule has 33 heavy (non-hydrogen) atoms. The van der Waals surface area contributed by atoms with E-state index in [2.05, 4.69) is 30.8 Å². The maximum Gasteiger partial charge on any atom is 0.319 e. The van der Waals surface area contributed by atoms with Crippen LogP contribution in [0.2, 0.25) is 5.02 Å². The van der Waals surface area contributed by atoms with Crippen LogP contribution in [0, 0.1) is 5.82 Å². The molecule has 1 aromatic carbocycles. The Morgan fingerprint density at radius 1 is 1.36 bits per heavy atom. The summed E-state index contributed by atoms with van der Waals surface area (Å²) in [7, 11) is 0. The first-order valence-electron chi connectivity index (χ1n) is 11.1. The van der Waals surface area contributed by atoms with Crippen LogP contribution in [-0.2, 0) is 4.74 Å². The standard InChI is InChI=1S/C22H25BrClF3N4O2/c1-21(27)10-30(5-6-32-11-21)19-14-7-15(24)16(23)17(26)18(14)28-20(29-19)33-12-22-3-2-4-31(22)9-13(25)8-22/h7,13H,2-6,8-12H2,1H3/t13-,21?,22+/m1/s1. The highest BCUT2D eigenvalue weighted by Crippen LogP contribution is 2.41. The molecule has 1 unspecified atom stereocenters. The minimum absolute atomic E-state index is 0.00903. The Kier molecular flexibility index (Phi) is 6.16. The lowest BCUT2D eigenvalue weighted by molar-refractivity contribution is 0.0508. The summed E-state index contributed by atoms with van der Waals surface area (Å²) in [6, 6.07) is 1.53. The topological polar surface area (TPSA) is 50.7 Å². The highest BCUT2D eigenvalue weighted by atomic mass is 79.9. The van der Waals surface area contributed by atoms with Crippen LogP contribution in [0.3, 0.4) is 0 Å². The van der Waals surface area contributed by atoms with Crippen molar-refractivity contribution in [2.45, 2.75) is 43.6 Å². The van der Waals surface area contributed by atoms with Crippen molar-refractivity contribution < 1.29 is 22.6 Å². The molecule has 3 atom stereocenters. The van der Waals surface area contributed by atoms with Gasteiger partial charge in [0.25, 0.3) is 0 Å². The number of fused-ring (bicyclic) bond motifs is 2. The molecule has 0 aliphatic carbocycles. The van der Waals surface area contributed by atoms with E-state index in [1.54, 1.807) is 11.0 Å². The second-order valence-electron chi connectivity index (χ2n) is 9.46. The maximum atomic E-state index is 15.2. The fourth-order valence-corrected chi connectivity index (χ4v) is 5.75. The molecule has 2 aromatic rings. The molecule has 0 spiro atoms. The van der Waals surface area contributed by atoms with Gasteiger partial charge >= 0.3 is 6.01 Å². The van der Waals surface area contributed by atoms with Crippen LogP contribution in [0.15, 0.2) is 10.5 Å². The van der Waals surface area contributed by atoms with Crippen LogP contribution in [0.4, 0.5) is 19.0 Å². The monoisotopic (exact) mass is 548 g/mol. The number of hydrogen-bond acceptors (Lipinski definition) is 6. The number of benzene rings is 1. The summed E-state index contributed by atoms with van der Waals surface area (Å²) in [6.45, 7) is 3.52. The van der Waals surface area contributed by atoms with Crippen molar-refractivity contribution in [2.75, 3.05) is 50.9 Å². The fraction of sp³-hybridized carbons (Fsp3) is 0.636. The van der Waals surface area contributed by atoms with Crippen molar-refractivity contribution in [1.29, 1.82) is 0 Å². The van der Waals surface area contributed by atoms with E-state index >= 15 is 4.39 Å². The molecule has 0 N–H and O–H groups in total. The predicted octanol–water partition coefficient (Wildman–Crippen LogP) is 4.70. The second kappa shape index (κ2) is 8.70. The molecule has 0 saturated carbocycles. The third kappa shape index (κ3) is 4.39. The summed E-state index contributed by atoms with van der Waals surface area (Å²) in [4.78, 5) is 12.7. The molecule has 3 fully saturated rings. The minimum Gasteiger partial charge on any atom is -0.461 e. The van der Waals surface area contributed by atoms with Crippen LogP contribution in [-0.4, -0.2) is 78.2 Å². The molecule has 11 heteroatoms. The molecule has 0 radical (unpaired) electrons. The Labute approximate surface area is 203 Å².